The van der Waals surface area contributed by atoms with Crippen LogP contribution < -0.4 is 5.32 Å². The normalized spacial score (nSPS) is 10.2. The number of anilines is 1. The average Bonchev–Trinajstić information content (AvgIpc) is 2.94. The molecule has 1 aromatic carbocycles. The highest BCUT2D eigenvalue weighted by atomic mass is 16.6. The molecule has 0 radical (unpaired) electrons. The minimum Gasteiger partial charge on any atom is -0.467 e. The highest BCUT2D eigenvalue weighted by Crippen LogP contribution is 2.25. The van der Waals surface area contributed by atoms with Gasteiger partial charge in [-0.15, -0.1) is 0 Å². The number of nitro groups is 1. The standard InChI is InChI=1S/C14H14N2O5/c1-9-12(4-3-5-13(9)16(18)19)15-7-11-6-10(8-21-11)14(17)20-2/h3-6,8,15H,7H2,1-2H3. The van der Waals surface area contributed by atoms with E-state index in [-0.39, 0.29) is 5.69 Å². The van der Waals surface area contributed by atoms with Gasteiger partial charge in [-0.25, -0.2) is 4.79 Å². The van der Waals surface area contributed by atoms with E-state index in [1.165, 1.54) is 19.4 Å². The molecule has 0 saturated heterocycles. The zero-order valence-corrected chi connectivity index (χ0v) is 11.6. The number of carbonyl (C=O) groups is 1. The fourth-order valence-corrected chi connectivity index (χ4v) is 1.89. The molecule has 1 heterocycles. The molecule has 0 spiro atoms. The van der Waals surface area contributed by atoms with E-state index in [4.69, 9.17) is 4.42 Å². The molecule has 1 N–H and O–H groups in total. The number of nitro benzene ring substituents is 1. The summed E-state index contributed by atoms with van der Waals surface area (Å²) in [4.78, 5) is 21.7. The molecule has 21 heavy (non-hydrogen) atoms. The van der Waals surface area contributed by atoms with Crippen molar-refractivity contribution < 1.29 is 18.9 Å². The number of hydrogen-bond donors (Lipinski definition) is 1. The lowest BCUT2D eigenvalue weighted by molar-refractivity contribution is -0.385. The van der Waals surface area contributed by atoms with Gasteiger partial charge in [0.2, 0.25) is 0 Å². The van der Waals surface area contributed by atoms with Gasteiger partial charge in [-0.3, -0.25) is 10.1 Å². The number of nitrogens with zero attached hydrogens (tertiary/aromatic N) is 1. The third-order valence-electron chi connectivity index (χ3n) is 3.03. The Morgan fingerprint density at radius 2 is 2.24 bits per heavy atom. The Morgan fingerprint density at radius 3 is 2.90 bits per heavy atom. The van der Waals surface area contributed by atoms with Crippen LogP contribution in [0.5, 0.6) is 0 Å². The summed E-state index contributed by atoms with van der Waals surface area (Å²) < 4.78 is 9.81. The molecule has 0 amide bonds. The first-order chi connectivity index (χ1) is 10.0. The molecule has 7 nitrogen and oxygen atoms in total. The van der Waals surface area contributed by atoms with Crippen molar-refractivity contribution in [2.75, 3.05) is 12.4 Å². The van der Waals surface area contributed by atoms with Crippen LogP contribution in [0.4, 0.5) is 11.4 Å². The van der Waals surface area contributed by atoms with Crippen LogP contribution in [0.15, 0.2) is 34.9 Å². The van der Waals surface area contributed by atoms with Gasteiger partial charge in [-0.05, 0) is 19.1 Å². The Kier molecular flexibility index (Phi) is 4.22. The summed E-state index contributed by atoms with van der Waals surface area (Å²) in [5, 5.41) is 13.9. The maximum atomic E-state index is 11.3. The zero-order valence-electron chi connectivity index (χ0n) is 11.6. The smallest absolute Gasteiger partial charge is 0.341 e. The van der Waals surface area contributed by atoms with Crippen molar-refractivity contribution in [3.05, 3.63) is 57.5 Å². The Morgan fingerprint density at radius 1 is 1.48 bits per heavy atom. The summed E-state index contributed by atoms with van der Waals surface area (Å²) in [5.74, 6) is 0.0536. The molecule has 1 aromatic heterocycles. The number of nitrogens with one attached hydrogen (secondary N) is 1. The Labute approximate surface area is 120 Å². The van der Waals surface area contributed by atoms with Gasteiger partial charge in [-0.1, -0.05) is 6.07 Å². The molecule has 0 aliphatic carbocycles. The van der Waals surface area contributed by atoms with Crippen molar-refractivity contribution >= 4 is 17.3 Å². The van der Waals surface area contributed by atoms with Crippen LogP contribution in [0.1, 0.15) is 21.7 Å². The number of ether oxygens (including phenoxy) is 1. The van der Waals surface area contributed by atoms with E-state index in [9.17, 15) is 14.9 Å². The van der Waals surface area contributed by atoms with Gasteiger partial charge in [0.25, 0.3) is 5.69 Å². The summed E-state index contributed by atoms with van der Waals surface area (Å²) in [6.07, 6.45) is 1.31. The van der Waals surface area contributed by atoms with Gasteiger partial charge in [0.1, 0.15) is 12.0 Å². The number of benzene rings is 1. The minimum absolute atomic E-state index is 0.0506. The predicted octanol–water partition coefficient (Wildman–Crippen LogP) is 2.89. The lowest BCUT2D eigenvalue weighted by Crippen LogP contribution is -2.02. The molecule has 0 aliphatic rings. The van der Waals surface area contributed by atoms with Crippen LogP contribution in [0.3, 0.4) is 0 Å². The van der Waals surface area contributed by atoms with E-state index in [0.29, 0.717) is 29.1 Å². The second-order valence-electron chi connectivity index (χ2n) is 4.35. The molecule has 0 atom stereocenters. The quantitative estimate of drug-likeness (QED) is 0.517. The van der Waals surface area contributed by atoms with Gasteiger partial charge in [0.05, 0.1) is 24.1 Å². The van der Waals surface area contributed by atoms with Gasteiger partial charge in [0.15, 0.2) is 0 Å². The van der Waals surface area contributed by atoms with Crippen molar-refractivity contribution in [1.82, 2.24) is 0 Å². The third-order valence-corrected chi connectivity index (χ3v) is 3.03. The van der Waals surface area contributed by atoms with Crippen LogP contribution in [0, 0.1) is 17.0 Å². The van der Waals surface area contributed by atoms with E-state index < -0.39 is 10.9 Å². The van der Waals surface area contributed by atoms with Crippen LogP contribution in [-0.4, -0.2) is 18.0 Å². The van der Waals surface area contributed by atoms with Gasteiger partial charge < -0.3 is 14.5 Å². The van der Waals surface area contributed by atoms with Crippen LogP contribution >= 0.6 is 0 Å². The summed E-state index contributed by atoms with van der Waals surface area (Å²) in [7, 11) is 1.29. The Hall–Kier alpha value is -2.83. The lowest BCUT2D eigenvalue weighted by Gasteiger charge is -2.08. The van der Waals surface area contributed by atoms with Crippen LogP contribution in [0.25, 0.3) is 0 Å². The monoisotopic (exact) mass is 290 g/mol. The van der Waals surface area contributed by atoms with E-state index in [1.54, 1.807) is 25.1 Å². The molecule has 2 aromatic rings. The van der Waals surface area contributed by atoms with Crippen molar-refractivity contribution in [2.45, 2.75) is 13.5 Å². The Balaban J connectivity index is 2.10. The predicted molar refractivity (Wildman–Crippen MR) is 75.2 cm³/mol. The SMILES string of the molecule is COC(=O)c1coc(CNc2cccc([N+](=O)[O-])c2C)c1. The highest BCUT2D eigenvalue weighted by Gasteiger charge is 2.14. The molecular formula is C14H14N2O5. The largest absolute Gasteiger partial charge is 0.467 e. The summed E-state index contributed by atoms with van der Waals surface area (Å²) in [6, 6.07) is 6.36. The first kappa shape index (κ1) is 14.6. The topological polar surface area (TPSA) is 94.6 Å². The molecule has 110 valence electrons. The van der Waals surface area contributed by atoms with E-state index in [1.807, 2.05) is 0 Å². The third kappa shape index (κ3) is 3.19. The molecule has 2 rings (SSSR count). The molecule has 7 heteroatoms. The summed E-state index contributed by atoms with van der Waals surface area (Å²) >= 11 is 0. The molecule has 0 unspecified atom stereocenters. The first-order valence-electron chi connectivity index (χ1n) is 6.16. The number of carbonyl (C=O) groups excluding carboxylic acids is 1. The van der Waals surface area contributed by atoms with Gasteiger partial charge in [-0.2, -0.15) is 0 Å². The summed E-state index contributed by atoms with van der Waals surface area (Å²) in [5.41, 5.74) is 1.56. The maximum Gasteiger partial charge on any atom is 0.341 e. The summed E-state index contributed by atoms with van der Waals surface area (Å²) in [6.45, 7) is 1.97. The maximum absolute atomic E-state index is 11.3. The fraction of sp³-hybridized carbons (Fsp3) is 0.214. The number of esters is 1. The number of hydrogen-bond acceptors (Lipinski definition) is 6. The first-order valence-corrected chi connectivity index (χ1v) is 6.16. The van der Waals surface area contributed by atoms with Crippen molar-refractivity contribution in [2.24, 2.45) is 0 Å². The minimum atomic E-state index is -0.475. The van der Waals surface area contributed by atoms with Crippen molar-refractivity contribution in [3.63, 3.8) is 0 Å². The number of furan rings is 1. The molecule has 0 bridgehead atoms. The fourth-order valence-electron chi connectivity index (χ4n) is 1.89. The molecule has 0 saturated carbocycles. The van der Waals surface area contributed by atoms with E-state index in [2.05, 4.69) is 10.1 Å². The van der Waals surface area contributed by atoms with E-state index in [0.717, 1.165) is 0 Å². The van der Waals surface area contributed by atoms with Gasteiger partial charge >= 0.3 is 5.97 Å². The van der Waals surface area contributed by atoms with Gasteiger partial charge in [0, 0.05) is 17.3 Å². The van der Waals surface area contributed by atoms with Crippen molar-refractivity contribution in [1.29, 1.82) is 0 Å². The molecule has 0 fully saturated rings. The van der Waals surface area contributed by atoms with Crippen molar-refractivity contribution in [3.8, 4) is 0 Å². The molecule has 0 aliphatic heterocycles. The lowest BCUT2D eigenvalue weighted by atomic mass is 10.1. The second-order valence-corrected chi connectivity index (χ2v) is 4.35. The average molecular weight is 290 g/mol. The number of methoxy groups -OCH3 is 1. The van der Waals surface area contributed by atoms with Crippen LogP contribution in [-0.2, 0) is 11.3 Å². The zero-order chi connectivity index (χ0) is 15.4. The van der Waals surface area contributed by atoms with Crippen LogP contribution in [0.2, 0.25) is 0 Å². The molecular weight excluding hydrogens is 276 g/mol. The Bertz CT molecular complexity index is 678. The number of rotatable bonds is 5. The van der Waals surface area contributed by atoms with E-state index >= 15 is 0 Å². The highest BCUT2D eigenvalue weighted by molar-refractivity contribution is 5.89. The second kappa shape index (κ2) is 6.08.